The SMILES string of the molecule is Cc1ccc(C(=O)c2ccccc2C(=O)c2ccc(Cl)cc2)cc1. The van der Waals surface area contributed by atoms with Crippen LogP contribution in [0.1, 0.15) is 37.4 Å². The molecule has 0 aromatic heterocycles. The Morgan fingerprint density at radius 1 is 0.667 bits per heavy atom. The Morgan fingerprint density at radius 3 is 1.54 bits per heavy atom. The van der Waals surface area contributed by atoms with Crippen molar-refractivity contribution in [1.82, 2.24) is 0 Å². The summed E-state index contributed by atoms with van der Waals surface area (Å²) in [5, 5.41) is 0.565. The molecule has 2 nitrogen and oxygen atoms in total. The molecule has 118 valence electrons. The van der Waals surface area contributed by atoms with E-state index < -0.39 is 0 Å². The fourth-order valence-corrected chi connectivity index (χ4v) is 2.62. The van der Waals surface area contributed by atoms with Gasteiger partial charge in [-0.05, 0) is 31.2 Å². The van der Waals surface area contributed by atoms with Crippen molar-refractivity contribution in [3.63, 3.8) is 0 Å². The van der Waals surface area contributed by atoms with Crippen molar-refractivity contribution in [2.24, 2.45) is 0 Å². The molecule has 24 heavy (non-hydrogen) atoms. The topological polar surface area (TPSA) is 34.1 Å². The smallest absolute Gasteiger partial charge is 0.193 e. The molecule has 3 aromatic rings. The quantitative estimate of drug-likeness (QED) is 0.621. The molecule has 0 unspecified atom stereocenters. The molecule has 0 radical (unpaired) electrons. The van der Waals surface area contributed by atoms with Crippen molar-refractivity contribution in [2.45, 2.75) is 6.92 Å². The lowest BCUT2D eigenvalue weighted by atomic mass is 9.93. The number of carbonyl (C=O) groups is 2. The van der Waals surface area contributed by atoms with E-state index in [4.69, 9.17) is 11.6 Å². The molecule has 0 amide bonds. The summed E-state index contributed by atoms with van der Waals surface area (Å²) in [7, 11) is 0. The summed E-state index contributed by atoms with van der Waals surface area (Å²) in [4.78, 5) is 25.6. The second kappa shape index (κ2) is 6.81. The number of ketones is 2. The summed E-state index contributed by atoms with van der Waals surface area (Å²) < 4.78 is 0. The normalized spacial score (nSPS) is 10.4. The van der Waals surface area contributed by atoms with Gasteiger partial charge in [0.15, 0.2) is 11.6 Å². The van der Waals surface area contributed by atoms with E-state index in [1.807, 2.05) is 19.1 Å². The van der Waals surface area contributed by atoms with Crippen LogP contribution in [0.4, 0.5) is 0 Å². The largest absolute Gasteiger partial charge is 0.289 e. The summed E-state index contributed by atoms with van der Waals surface area (Å²) in [6.07, 6.45) is 0. The lowest BCUT2D eigenvalue weighted by Gasteiger charge is -2.08. The predicted octanol–water partition coefficient (Wildman–Crippen LogP) is 5.11. The number of rotatable bonds is 4. The van der Waals surface area contributed by atoms with E-state index in [1.54, 1.807) is 60.7 Å². The highest BCUT2D eigenvalue weighted by Crippen LogP contribution is 2.20. The van der Waals surface area contributed by atoms with Crippen LogP contribution in [0.3, 0.4) is 0 Å². The first-order valence-electron chi connectivity index (χ1n) is 7.57. The lowest BCUT2D eigenvalue weighted by molar-refractivity contribution is 0.100. The van der Waals surface area contributed by atoms with E-state index in [0.29, 0.717) is 27.3 Å². The van der Waals surface area contributed by atoms with Crippen molar-refractivity contribution >= 4 is 23.2 Å². The van der Waals surface area contributed by atoms with Crippen molar-refractivity contribution in [3.05, 3.63) is 106 Å². The average Bonchev–Trinajstić information content (AvgIpc) is 2.62. The van der Waals surface area contributed by atoms with Crippen LogP contribution in [-0.4, -0.2) is 11.6 Å². The minimum absolute atomic E-state index is 0.159. The Balaban J connectivity index is 2.01. The number of benzene rings is 3. The number of halogens is 1. The maximum Gasteiger partial charge on any atom is 0.193 e. The molecule has 0 aliphatic carbocycles. The van der Waals surface area contributed by atoms with Crippen LogP contribution in [0.2, 0.25) is 5.02 Å². The zero-order chi connectivity index (χ0) is 17.1. The molecule has 3 heteroatoms. The first kappa shape index (κ1) is 16.2. The van der Waals surface area contributed by atoms with Crippen LogP contribution in [0, 0.1) is 6.92 Å². The highest BCUT2D eigenvalue weighted by atomic mass is 35.5. The number of aryl methyl sites for hydroxylation is 1. The van der Waals surface area contributed by atoms with Crippen molar-refractivity contribution in [1.29, 1.82) is 0 Å². The molecule has 3 aromatic carbocycles. The molecule has 0 heterocycles. The highest BCUT2D eigenvalue weighted by molar-refractivity contribution is 6.30. The minimum Gasteiger partial charge on any atom is -0.289 e. The van der Waals surface area contributed by atoms with Crippen molar-refractivity contribution in [2.75, 3.05) is 0 Å². The maximum atomic E-state index is 12.8. The van der Waals surface area contributed by atoms with Crippen LogP contribution in [0.25, 0.3) is 0 Å². The van der Waals surface area contributed by atoms with Gasteiger partial charge in [-0.2, -0.15) is 0 Å². The molecule has 3 rings (SSSR count). The Hall–Kier alpha value is -2.71. The summed E-state index contributed by atoms with van der Waals surface area (Å²) in [5.41, 5.74) is 2.95. The van der Waals surface area contributed by atoms with E-state index in [0.717, 1.165) is 5.56 Å². The number of hydrogen-bond donors (Lipinski definition) is 0. The maximum absolute atomic E-state index is 12.8. The fourth-order valence-electron chi connectivity index (χ4n) is 2.50. The molecule has 0 bridgehead atoms. The van der Waals surface area contributed by atoms with Crippen LogP contribution in [0.5, 0.6) is 0 Å². The monoisotopic (exact) mass is 334 g/mol. The highest BCUT2D eigenvalue weighted by Gasteiger charge is 2.19. The van der Waals surface area contributed by atoms with Gasteiger partial charge in [0, 0.05) is 27.3 Å². The summed E-state index contributed by atoms with van der Waals surface area (Å²) in [6, 6.07) is 20.9. The van der Waals surface area contributed by atoms with Crippen LogP contribution in [0.15, 0.2) is 72.8 Å². The van der Waals surface area contributed by atoms with E-state index in [2.05, 4.69) is 0 Å². The van der Waals surface area contributed by atoms with E-state index >= 15 is 0 Å². The average molecular weight is 335 g/mol. The van der Waals surface area contributed by atoms with Crippen LogP contribution >= 0.6 is 11.6 Å². The Labute approximate surface area is 145 Å². The molecule has 0 aliphatic heterocycles. The zero-order valence-corrected chi connectivity index (χ0v) is 13.9. The number of hydrogen-bond acceptors (Lipinski definition) is 2. The van der Waals surface area contributed by atoms with E-state index in [1.165, 1.54) is 0 Å². The van der Waals surface area contributed by atoms with Gasteiger partial charge >= 0.3 is 0 Å². The van der Waals surface area contributed by atoms with Gasteiger partial charge < -0.3 is 0 Å². The third-order valence-corrected chi connectivity index (χ3v) is 4.09. The Kier molecular flexibility index (Phi) is 4.59. The molecule has 0 fully saturated rings. The summed E-state index contributed by atoms with van der Waals surface area (Å²) in [6.45, 7) is 1.96. The first-order valence-corrected chi connectivity index (χ1v) is 7.95. The molecule has 0 saturated heterocycles. The molecular weight excluding hydrogens is 320 g/mol. The van der Waals surface area contributed by atoms with Crippen LogP contribution < -0.4 is 0 Å². The van der Waals surface area contributed by atoms with Gasteiger partial charge in [-0.3, -0.25) is 9.59 Å². The summed E-state index contributed by atoms with van der Waals surface area (Å²) in [5.74, 6) is -0.351. The van der Waals surface area contributed by atoms with Gasteiger partial charge in [-0.25, -0.2) is 0 Å². The molecule has 0 spiro atoms. The number of carbonyl (C=O) groups excluding carboxylic acids is 2. The third kappa shape index (κ3) is 3.29. The van der Waals surface area contributed by atoms with E-state index in [-0.39, 0.29) is 11.6 Å². The van der Waals surface area contributed by atoms with E-state index in [9.17, 15) is 9.59 Å². The minimum atomic E-state index is -0.192. The van der Waals surface area contributed by atoms with Gasteiger partial charge in [-0.1, -0.05) is 65.7 Å². The van der Waals surface area contributed by atoms with Gasteiger partial charge in [0.25, 0.3) is 0 Å². The zero-order valence-electron chi connectivity index (χ0n) is 13.1. The summed E-state index contributed by atoms with van der Waals surface area (Å²) >= 11 is 5.87. The van der Waals surface area contributed by atoms with Crippen LogP contribution in [-0.2, 0) is 0 Å². The van der Waals surface area contributed by atoms with Crippen molar-refractivity contribution < 1.29 is 9.59 Å². The molecule has 0 aliphatic rings. The van der Waals surface area contributed by atoms with Crippen molar-refractivity contribution in [3.8, 4) is 0 Å². The molecule has 0 N–H and O–H groups in total. The molecule has 0 saturated carbocycles. The third-order valence-electron chi connectivity index (χ3n) is 3.84. The second-order valence-electron chi connectivity index (χ2n) is 5.58. The second-order valence-corrected chi connectivity index (χ2v) is 6.01. The van der Waals surface area contributed by atoms with Gasteiger partial charge in [0.2, 0.25) is 0 Å². The Bertz CT molecular complexity index is 817. The molecular formula is C21H15ClO2. The lowest BCUT2D eigenvalue weighted by Crippen LogP contribution is -2.11. The van der Waals surface area contributed by atoms with Gasteiger partial charge in [0.05, 0.1) is 0 Å². The Morgan fingerprint density at radius 2 is 1.08 bits per heavy atom. The first-order chi connectivity index (χ1) is 11.6. The van der Waals surface area contributed by atoms with Gasteiger partial charge in [0.1, 0.15) is 0 Å². The fraction of sp³-hybridized carbons (Fsp3) is 0.0476. The molecule has 0 atom stereocenters. The standard InChI is InChI=1S/C21H15ClO2/c1-14-6-8-15(9-7-14)20(23)18-4-2-3-5-19(18)21(24)16-10-12-17(22)13-11-16/h2-13H,1H3. The predicted molar refractivity (Wildman–Crippen MR) is 95.9 cm³/mol. The van der Waals surface area contributed by atoms with Gasteiger partial charge in [-0.15, -0.1) is 0 Å².